The van der Waals surface area contributed by atoms with Crippen LogP contribution in [0.4, 0.5) is 0 Å². The topological polar surface area (TPSA) is 15.3 Å². The summed E-state index contributed by atoms with van der Waals surface area (Å²) in [6, 6.07) is 9.00. The number of rotatable bonds is 4. The van der Waals surface area contributed by atoms with Crippen molar-refractivity contribution in [2.24, 2.45) is 5.92 Å². The molecule has 2 unspecified atom stereocenters. The molecule has 1 aliphatic heterocycles. The molecule has 1 saturated heterocycles. The highest BCUT2D eigenvalue weighted by molar-refractivity contribution is 5.23. The summed E-state index contributed by atoms with van der Waals surface area (Å²) in [6.07, 6.45) is 4.02. The highest BCUT2D eigenvalue weighted by atomic mass is 15.3. The van der Waals surface area contributed by atoms with Gasteiger partial charge in [0.25, 0.3) is 0 Å². The second kappa shape index (κ2) is 5.40. The summed E-state index contributed by atoms with van der Waals surface area (Å²) in [4.78, 5) is 2.73. The van der Waals surface area contributed by atoms with Crippen molar-refractivity contribution in [1.82, 2.24) is 10.2 Å². The third-order valence-corrected chi connectivity index (χ3v) is 5.85. The maximum Gasteiger partial charge on any atom is 0.0309 e. The van der Waals surface area contributed by atoms with Crippen LogP contribution in [-0.4, -0.2) is 29.1 Å². The summed E-state index contributed by atoms with van der Waals surface area (Å²) in [6.45, 7) is 12.7. The van der Waals surface area contributed by atoms with E-state index in [4.69, 9.17) is 0 Å². The Labute approximate surface area is 129 Å². The maximum absolute atomic E-state index is 3.88. The van der Waals surface area contributed by atoms with E-state index in [-0.39, 0.29) is 5.54 Å². The second-order valence-electron chi connectivity index (χ2n) is 7.74. The van der Waals surface area contributed by atoms with Crippen LogP contribution in [0.5, 0.6) is 0 Å². The number of benzene rings is 1. The summed E-state index contributed by atoms with van der Waals surface area (Å²) in [7, 11) is 0. The number of hydrogen-bond donors (Lipinski definition) is 1. The van der Waals surface area contributed by atoms with E-state index in [0.717, 1.165) is 19.0 Å². The van der Waals surface area contributed by atoms with Crippen molar-refractivity contribution >= 4 is 0 Å². The van der Waals surface area contributed by atoms with Crippen molar-refractivity contribution in [2.75, 3.05) is 13.1 Å². The Morgan fingerprint density at radius 2 is 2.05 bits per heavy atom. The molecule has 1 aromatic rings. The van der Waals surface area contributed by atoms with Crippen LogP contribution in [0.15, 0.2) is 24.3 Å². The zero-order chi connectivity index (χ0) is 15.1. The highest BCUT2D eigenvalue weighted by Crippen LogP contribution is 2.43. The van der Waals surface area contributed by atoms with E-state index < -0.39 is 0 Å². The van der Waals surface area contributed by atoms with Gasteiger partial charge in [-0.2, -0.15) is 0 Å². The molecule has 3 rings (SSSR count). The minimum Gasteiger partial charge on any atom is -0.308 e. The van der Waals surface area contributed by atoms with Gasteiger partial charge in [-0.05, 0) is 51.5 Å². The molecule has 1 aromatic carbocycles. The van der Waals surface area contributed by atoms with Crippen LogP contribution in [0.25, 0.3) is 0 Å². The first-order valence-electron chi connectivity index (χ1n) is 8.51. The lowest BCUT2D eigenvalue weighted by atomic mass is 9.84. The van der Waals surface area contributed by atoms with E-state index in [0.29, 0.717) is 5.54 Å². The number of aryl methyl sites for hydroxylation is 1. The number of nitrogens with one attached hydrogen (secondary N) is 1. The van der Waals surface area contributed by atoms with E-state index >= 15 is 0 Å². The molecule has 0 aromatic heterocycles. The van der Waals surface area contributed by atoms with Crippen molar-refractivity contribution in [3.8, 4) is 0 Å². The van der Waals surface area contributed by atoms with Crippen molar-refractivity contribution in [2.45, 2.75) is 64.6 Å². The molecule has 0 radical (unpaired) electrons. The van der Waals surface area contributed by atoms with E-state index in [2.05, 4.69) is 62.2 Å². The summed E-state index contributed by atoms with van der Waals surface area (Å²) < 4.78 is 0. The van der Waals surface area contributed by atoms with E-state index in [1.807, 2.05) is 0 Å². The van der Waals surface area contributed by atoms with Gasteiger partial charge in [0, 0.05) is 30.7 Å². The molecule has 2 atom stereocenters. The Kier molecular flexibility index (Phi) is 3.87. The molecule has 21 heavy (non-hydrogen) atoms. The lowest BCUT2D eigenvalue weighted by Gasteiger charge is -2.52. The van der Waals surface area contributed by atoms with Crippen LogP contribution in [0.3, 0.4) is 0 Å². The molecule has 1 heterocycles. The first kappa shape index (κ1) is 15.1. The van der Waals surface area contributed by atoms with Gasteiger partial charge in [-0.1, -0.05) is 36.8 Å². The average molecular weight is 286 g/mol. The third kappa shape index (κ3) is 3.02. The van der Waals surface area contributed by atoms with Gasteiger partial charge < -0.3 is 5.32 Å². The normalized spacial score (nSPS) is 34.1. The fourth-order valence-corrected chi connectivity index (χ4v) is 3.77. The Morgan fingerprint density at radius 1 is 1.29 bits per heavy atom. The number of nitrogens with zero attached hydrogens (tertiary/aromatic N) is 1. The number of hydrogen-bond acceptors (Lipinski definition) is 2. The highest BCUT2D eigenvalue weighted by Gasteiger charge is 2.48. The van der Waals surface area contributed by atoms with Crippen LogP contribution in [0, 0.1) is 12.8 Å². The smallest absolute Gasteiger partial charge is 0.0309 e. The Balaban J connectivity index is 1.80. The molecular formula is C19H30N2. The Morgan fingerprint density at radius 3 is 2.67 bits per heavy atom. The van der Waals surface area contributed by atoms with Gasteiger partial charge >= 0.3 is 0 Å². The van der Waals surface area contributed by atoms with Crippen LogP contribution >= 0.6 is 0 Å². The maximum atomic E-state index is 3.88. The molecule has 2 heteroatoms. The zero-order valence-electron chi connectivity index (χ0n) is 14.1. The average Bonchev–Trinajstić information content (AvgIpc) is 3.28. The SMILES string of the molecule is CCC1(C)CNC(C)(C2CC2)CN1Cc1cccc(C)c1. The van der Waals surface area contributed by atoms with E-state index in [1.165, 1.54) is 36.9 Å². The molecule has 1 aliphatic carbocycles. The molecule has 1 N–H and O–H groups in total. The Bertz CT molecular complexity index is 508. The third-order valence-electron chi connectivity index (χ3n) is 5.85. The van der Waals surface area contributed by atoms with Gasteiger partial charge in [-0.15, -0.1) is 0 Å². The molecule has 0 spiro atoms. The predicted molar refractivity (Wildman–Crippen MR) is 89.4 cm³/mol. The molecule has 2 fully saturated rings. The van der Waals surface area contributed by atoms with Crippen LogP contribution < -0.4 is 5.32 Å². The van der Waals surface area contributed by atoms with E-state index in [9.17, 15) is 0 Å². The van der Waals surface area contributed by atoms with E-state index in [1.54, 1.807) is 0 Å². The fraction of sp³-hybridized carbons (Fsp3) is 0.684. The van der Waals surface area contributed by atoms with Gasteiger partial charge in [0.2, 0.25) is 0 Å². The summed E-state index contributed by atoms with van der Waals surface area (Å²) in [5.74, 6) is 0.888. The first-order chi connectivity index (χ1) is 9.95. The second-order valence-corrected chi connectivity index (χ2v) is 7.74. The van der Waals surface area contributed by atoms with Crippen LogP contribution in [-0.2, 0) is 6.54 Å². The van der Waals surface area contributed by atoms with Gasteiger partial charge in [0.15, 0.2) is 0 Å². The molecule has 0 amide bonds. The molecule has 116 valence electrons. The van der Waals surface area contributed by atoms with Crippen molar-refractivity contribution < 1.29 is 0 Å². The van der Waals surface area contributed by atoms with Gasteiger partial charge in [-0.25, -0.2) is 0 Å². The number of piperazine rings is 1. The molecule has 1 saturated carbocycles. The quantitative estimate of drug-likeness (QED) is 0.907. The van der Waals surface area contributed by atoms with Gasteiger partial charge in [-0.3, -0.25) is 4.90 Å². The molecule has 0 bridgehead atoms. The molecule has 2 nitrogen and oxygen atoms in total. The monoisotopic (exact) mass is 286 g/mol. The van der Waals surface area contributed by atoms with Crippen molar-refractivity contribution in [3.05, 3.63) is 35.4 Å². The summed E-state index contributed by atoms with van der Waals surface area (Å²) >= 11 is 0. The standard InChI is InChI=1S/C19H30N2/c1-5-18(3)13-20-19(4,17-9-10-17)14-21(18)12-16-8-6-7-15(2)11-16/h6-8,11,17,20H,5,9-10,12-14H2,1-4H3. The van der Waals surface area contributed by atoms with Crippen molar-refractivity contribution in [3.63, 3.8) is 0 Å². The molecular weight excluding hydrogens is 256 g/mol. The summed E-state index contributed by atoms with van der Waals surface area (Å²) in [5.41, 5.74) is 3.41. The minimum absolute atomic E-state index is 0.276. The van der Waals surface area contributed by atoms with Gasteiger partial charge in [0.1, 0.15) is 0 Å². The Hall–Kier alpha value is -0.860. The van der Waals surface area contributed by atoms with Gasteiger partial charge in [0.05, 0.1) is 0 Å². The van der Waals surface area contributed by atoms with Crippen LogP contribution in [0.2, 0.25) is 0 Å². The lowest BCUT2D eigenvalue weighted by Crippen LogP contribution is -2.68. The molecule has 2 aliphatic rings. The lowest BCUT2D eigenvalue weighted by molar-refractivity contribution is 0.00424. The first-order valence-corrected chi connectivity index (χ1v) is 8.51. The minimum atomic E-state index is 0.276. The summed E-state index contributed by atoms with van der Waals surface area (Å²) in [5, 5.41) is 3.88. The van der Waals surface area contributed by atoms with Crippen LogP contribution in [0.1, 0.15) is 51.2 Å². The largest absolute Gasteiger partial charge is 0.308 e. The van der Waals surface area contributed by atoms with Crippen molar-refractivity contribution in [1.29, 1.82) is 0 Å². The predicted octanol–water partition coefficient (Wildman–Crippen LogP) is 3.74. The fourth-order valence-electron chi connectivity index (χ4n) is 3.77. The zero-order valence-corrected chi connectivity index (χ0v) is 14.1.